The maximum absolute atomic E-state index is 12.5. The average Bonchev–Trinajstić information content (AvgIpc) is 2.94. The molecular weight excluding hydrogens is 318 g/mol. The van der Waals surface area contributed by atoms with Gasteiger partial charge in [-0.15, -0.1) is 12.4 Å². The smallest absolute Gasteiger partial charge is 0.255 e. The molecule has 0 spiro atoms. The van der Waals surface area contributed by atoms with Crippen LogP contribution < -0.4 is 5.73 Å². The normalized spacial score (nSPS) is 17.7. The number of rotatable bonds is 6. The predicted octanol–water partition coefficient (Wildman–Crippen LogP) is 1.44. The summed E-state index contributed by atoms with van der Waals surface area (Å²) in [5.41, 5.74) is 6.58. The van der Waals surface area contributed by atoms with Crippen LogP contribution in [0, 0.1) is 5.92 Å². The van der Waals surface area contributed by atoms with Gasteiger partial charge in [0.15, 0.2) is 0 Å². The van der Waals surface area contributed by atoms with Gasteiger partial charge in [-0.3, -0.25) is 4.79 Å². The standard InChI is InChI=1S/C16H25N3O3.ClH/c1-18(10-12-5-6-19(11-12)7-8-22-2)16(21)14-9-13(20)3-4-15(14)17;/h3-4,9,12,20H,5-8,10-11,17H2,1-2H3;1H. The number of aromatic hydroxyl groups is 1. The number of ether oxygens (including phenoxy) is 1. The van der Waals surface area contributed by atoms with E-state index in [0.29, 0.717) is 23.7 Å². The Labute approximate surface area is 143 Å². The quantitative estimate of drug-likeness (QED) is 0.603. The lowest BCUT2D eigenvalue weighted by Crippen LogP contribution is -2.34. The summed E-state index contributed by atoms with van der Waals surface area (Å²) in [6.45, 7) is 4.39. The highest BCUT2D eigenvalue weighted by molar-refractivity contribution is 5.99. The molecule has 2 rings (SSSR count). The van der Waals surface area contributed by atoms with Crippen LogP contribution in [0.5, 0.6) is 5.75 Å². The second-order valence-corrected chi connectivity index (χ2v) is 5.91. The molecule has 1 aliphatic heterocycles. The van der Waals surface area contributed by atoms with E-state index in [9.17, 15) is 9.90 Å². The van der Waals surface area contributed by atoms with Gasteiger partial charge in [0.25, 0.3) is 5.91 Å². The van der Waals surface area contributed by atoms with E-state index in [1.54, 1.807) is 25.1 Å². The SMILES string of the molecule is COCCN1CCC(CN(C)C(=O)c2cc(O)ccc2N)C1.Cl. The number of nitrogens with two attached hydrogens (primary N) is 1. The molecule has 7 heteroatoms. The molecule has 0 aromatic heterocycles. The number of halogens is 1. The molecule has 1 atom stereocenters. The number of likely N-dealkylation sites (tertiary alicyclic amines) is 1. The van der Waals surface area contributed by atoms with E-state index >= 15 is 0 Å². The number of nitrogen functional groups attached to an aromatic ring is 1. The van der Waals surface area contributed by atoms with Crippen molar-refractivity contribution in [2.45, 2.75) is 6.42 Å². The minimum absolute atomic E-state index is 0. The Morgan fingerprint density at radius 3 is 2.96 bits per heavy atom. The Morgan fingerprint density at radius 2 is 2.26 bits per heavy atom. The van der Waals surface area contributed by atoms with Crippen molar-refractivity contribution >= 4 is 24.0 Å². The van der Waals surface area contributed by atoms with Crippen molar-refractivity contribution in [3.05, 3.63) is 23.8 Å². The number of carbonyl (C=O) groups excluding carboxylic acids is 1. The largest absolute Gasteiger partial charge is 0.508 e. The molecule has 0 bridgehead atoms. The van der Waals surface area contributed by atoms with Crippen LogP contribution in [0.25, 0.3) is 0 Å². The van der Waals surface area contributed by atoms with Crippen LogP contribution in [0.2, 0.25) is 0 Å². The Balaban J connectivity index is 0.00000264. The number of benzene rings is 1. The summed E-state index contributed by atoms with van der Waals surface area (Å²) in [4.78, 5) is 16.5. The van der Waals surface area contributed by atoms with Crippen molar-refractivity contribution in [3.63, 3.8) is 0 Å². The summed E-state index contributed by atoms with van der Waals surface area (Å²) >= 11 is 0. The third-order valence-electron chi connectivity index (χ3n) is 4.13. The maximum atomic E-state index is 12.5. The van der Waals surface area contributed by atoms with Crippen LogP contribution in [0.4, 0.5) is 5.69 Å². The summed E-state index contributed by atoms with van der Waals surface area (Å²) in [7, 11) is 3.49. The molecule has 6 nitrogen and oxygen atoms in total. The molecule has 130 valence electrons. The molecule has 0 aliphatic carbocycles. The van der Waals surface area contributed by atoms with Crippen LogP contribution in [0.3, 0.4) is 0 Å². The van der Waals surface area contributed by atoms with Gasteiger partial charge in [-0.1, -0.05) is 0 Å². The number of nitrogens with zero attached hydrogens (tertiary/aromatic N) is 2. The van der Waals surface area contributed by atoms with Crippen LogP contribution in [-0.4, -0.2) is 67.8 Å². The maximum Gasteiger partial charge on any atom is 0.255 e. The zero-order valence-electron chi connectivity index (χ0n) is 13.7. The number of anilines is 1. The van der Waals surface area contributed by atoms with Gasteiger partial charge in [0.1, 0.15) is 5.75 Å². The van der Waals surface area contributed by atoms with E-state index in [1.165, 1.54) is 12.1 Å². The van der Waals surface area contributed by atoms with Gasteiger partial charge in [0.05, 0.1) is 12.2 Å². The van der Waals surface area contributed by atoms with Crippen molar-refractivity contribution in [1.82, 2.24) is 9.80 Å². The molecule has 1 aliphatic rings. The van der Waals surface area contributed by atoms with Gasteiger partial charge in [-0.2, -0.15) is 0 Å². The highest BCUT2D eigenvalue weighted by Gasteiger charge is 2.25. The first kappa shape index (κ1) is 19.5. The summed E-state index contributed by atoms with van der Waals surface area (Å²) in [5.74, 6) is 0.366. The molecular formula is C16H26ClN3O3. The van der Waals surface area contributed by atoms with Crippen molar-refractivity contribution in [1.29, 1.82) is 0 Å². The van der Waals surface area contributed by atoms with Gasteiger partial charge in [-0.05, 0) is 37.1 Å². The molecule has 1 amide bonds. The van der Waals surface area contributed by atoms with E-state index in [1.807, 2.05) is 0 Å². The summed E-state index contributed by atoms with van der Waals surface area (Å²) in [6.07, 6.45) is 1.08. The number of carbonyl (C=O) groups is 1. The number of hydrogen-bond donors (Lipinski definition) is 2. The summed E-state index contributed by atoms with van der Waals surface area (Å²) in [6, 6.07) is 4.46. The Morgan fingerprint density at radius 1 is 1.52 bits per heavy atom. The minimum Gasteiger partial charge on any atom is -0.508 e. The first-order chi connectivity index (χ1) is 10.5. The molecule has 1 heterocycles. The number of methoxy groups -OCH3 is 1. The van der Waals surface area contributed by atoms with Gasteiger partial charge in [0.2, 0.25) is 0 Å². The fourth-order valence-corrected chi connectivity index (χ4v) is 2.89. The number of phenolic OH excluding ortho intramolecular Hbond substituents is 1. The molecule has 23 heavy (non-hydrogen) atoms. The second kappa shape index (κ2) is 8.96. The Hall–Kier alpha value is -1.50. The highest BCUT2D eigenvalue weighted by Crippen LogP contribution is 2.22. The van der Waals surface area contributed by atoms with E-state index in [2.05, 4.69) is 4.90 Å². The lowest BCUT2D eigenvalue weighted by molar-refractivity contribution is 0.0772. The Kier molecular flexibility index (Phi) is 7.61. The van der Waals surface area contributed by atoms with E-state index < -0.39 is 0 Å². The van der Waals surface area contributed by atoms with Crippen LogP contribution >= 0.6 is 12.4 Å². The molecule has 3 N–H and O–H groups in total. The molecule has 1 saturated heterocycles. The second-order valence-electron chi connectivity index (χ2n) is 5.91. The monoisotopic (exact) mass is 343 g/mol. The zero-order valence-corrected chi connectivity index (χ0v) is 14.5. The third-order valence-corrected chi connectivity index (χ3v) is 4.13. The average molecular weight is 344 g/mol. The first-order valence-electron chi connectivity index (χ1n) is 7.56. The van der Waals surface area contributed by atoms with E-state index in [-0.39, 0.29) is 24.1 Å². The third kappa shape index (κ3) is 5.27. The number of amides is 1. The molecule has 0 saturated carbocycles. The van der Waals surface area contributed by atoms with Gasteiger partial charge >= 0.3 is 0 Å². The van der Waals surface area contributed by atoms with E-state index in [4.69, 9.17) is 10.5 Å². The van der Waals surface area contributed by atoms with Crippen LogP contribution in [0.1, 0.15) is 16.8 Å². The summed E-state index contributed by atoms with van der Waals surface area (Å²) in [5, 5.41) is 9.52. The molecule has 0 radical (unpaired) electrons. The highest BCUT2D eigenvalue weighted by atomic mass is 35.5. The fraction of sp³-hybridized carbons (Fsp3) is 0.562. The zero-order chi connectivity index (χ0) is 16.1. The van der Waals surface area contributed by atoms with Crippen molar-refractivity contribution in [3.8, 4) is 5.75 Å². The topological polar surface area (TPSA) is 79.0 Å². The minimum atomic E-state index is -0.149. The van der Waals surface area contributed by atoms with Gasteiger partial charge in [0, 0.05) is 39.5 Å². The predicted molar refractivity (Wildman–Crippen MR) is 93.2 cm³/mol. The molecule has 1 aromatic rings. The lowest BCUT2D eigenvalue weighted by Gasteiger charge is -2.22. The summed E-state index contributed by atoms with van der Waals surface area (Å²) < 4.78 is 5.10. The van der Waals surface area contributed by atoms with Crippen LogP contribution in [-0.2, 0) is 4.74 Å². The first-order valence-corrected chi connectivity index (χ1v) is 7.56. The van der Waals surface area contributed by atoms with Gasteiger partial charge < -0.3 is 25.4 Å². The fourth-order valence-electron chi connectivity index (χ4n) is 2.89. The Bertz CT molecular complexity index is 527. The van der Waals surface area contributed by atoms with Crippen molar-refractivity contribution in [2.75, 3.05) is 52.7 Å². The van der Waals surface area contributed by atoms with E-state index in [0.717, 1.165) is 32.7 Å². The number of phenols is 1. The lowest BCUT2D eigenvalue weighted by atomic mass is 10.1. The van der Waals surface area contributed by atoms with Gasteiger partial charge in [-0.25, -0.2) is 0 Å². The van der Waals surface area contributed by atoms with Crippen LogP contribution in [0.15, 0.2) is 18.2 Å². The molecule has 1 unspecified atom stereocenters. The molecule has 1 aromatic carbocycles. The van der Waals surface area contributed by atoms with Crippen molar-refractivity contribution in [2.24, 2.45) is 5.92 Å². The number of hydrogen-bond acceptors (Lipinski definition) is 5. The van der Waals surface area contributed by atoms with Crippen molar-refractivity contribution < 1.29 is 14.6 Å². The molecule has 1 fully saturated rings.